The molecule has 1 aromatic heterocycles. The highest BCUT2D eigenvalue weighted by molar-refractivity contribution is 7.89. The van der Waals surface area contributed by atoms with Gasteiger partial charge in [-0.05, 0) is 63.5 Å². The Morgan fingerprint density at radius 1 is 1.16 bits per heavy atom. The number of nitrogens with one attached hydrogen (secondary N) is 2. The second-order valence-electron chi connectivity index (χ2n) is 5.84. The van der Waals surface area contributed by atoms with Crippen LogP contribution in [0.5, 0.6) is 0 Å². The Morgan fingerprint density at radius 3 is 2.48 bits per heavy atom. The Hall–Kier alpha value is -2.16. The van der Waals surface area contributed by atoms with E-state index in [0.29, 0.717) is 17.9 Å². The molecule has 0 aliphatic carbocycles. The van der Waals surface area contributed by atoms with Crippen LogP contribution in [-0.4, -0.2) is 46.4 Å². The van der Waals surface area contributed by atoms with Crippen LogP contribution in [0, 0.1) is 0 Å². The van der Waals surface area contributed by atoms with Gasteiger partial charge in [0.25, 0.3) is 5.91 Å². The zero-order valence-electron chi connectivity index (χ0n) is 14.4. The molecule has 0 aliphatic heterocycles. The lowest BCUT2D eigenvalue weighted by Gasteiger charge is -2.10. The molecule has 25 heavy (non-hydrogen) atoms. The smallest absolute Gasteiger partial charge is 0.251 e. The number of nitrogens with zero attached hydrogens (tertiary/aromatic N) is 1. The molecule has 136 valence electrons. The van der Waals surface area contributed by atoms with Crippen LogP contribution in [0.4, 0.5) is 0 Å². The van der Waals surface area contributed by atoms with Gasteiger partial charge < -0.3 is 14.6 Å². The van der Waals surface area contributed by atoms with Crippen molar-refractivity contribution in [3.63, 3.8) is 0 Å². The molecule has 0 saturated heterocycles. The maximum Gasteiger partial charge on any atom is 0.251 e. The van der Waals surface area contributed by atoms with E-state index >= 15 is 0 Å². The average Bonchev–Trinajstić information content (AvgIpc) is 3.10. The van der Waals surface area contributed by atoms with Gasteiger partial charge in [-0.1, -0.05) is 0 Å². The van der Waals surface area contributed by atoms with E-state index in [4.69, 9.17) is 4.42 Å². The quantitative estimate of drug-likeness (QED) is 0.656. The third-order valence-corrected chi connectivity index (χ3v) is 4.93. The van der Waals surface area contributed by atoms with Gasteiger partial charge in [0.1, 0.15) is 5.76 Å². The largest absolute Gasteiger partial charge is 0.468 e. The van der Waals surface area contributed by atoms with Gasteiger partial charge >= 0.3 is 0 Å². The molecule has 0 atom stereocenters. The summed E-state index contributed by atoms with van der Waals surface area (Å²) in [4.78, 5) is 14.2. The van der Waals surface area contributed by atoms with Crippen molar-refractivity contribution in [2.45, 2.75) is 17.9 Å². The zero-order chi connectivity index (χ0) is 18.3. The van der Waals surface area contributed by atoms with E-state index < -0.39 is 10.0 Å². The Kier molecular flexibility index (Phi) is 6.74. The van der Waals surface area contributed by atoms with Gasteiger partial charge in [-0.25, -0.2) is 13.1 Å². The number of rotatable bonds is 9. The molecular weight excluding hydrogens is 342 g/mol. The first-order valence-corrected chi connectivity index (χ1v) is 9.42. The number of carbonyl (C=O) groups excluding carboxylic acids is 1. The van der Waals surface area contributed by atoms with Gasteiger partial charge in [0.2, 0.25) is 10.0 Å². The summed E-state index contributed by atoms with van der Waals surface area (Å²) in [5, 5.41) is 2.81. The molecule has 2 aromatic rings. The van der Waals surface area contributed by atoms with Crippen LogP contribution in [0.15, 0.2) is 52.0 Å². The monoisotopic (exact) mass is 365 g/mol. The van der Waals surface area contributed by atoms with Crippen LogP contribution >= 0.6 is 0 Å². The summed E-state index contributed by atoms with van der Waals surface area (Å²) >= 11 is 0. The predicted molar refractivity (Wildman–Crippen MR) is 94.7 cm³/mol. The van der Waals surface area contributed by atoms with E-state index in [9.17, 15) is 13.2 Å². The van der Waals surface area contributed by atoms with Crippen molar-refractivity contribution in [2.75, 3.05) is 27.2 Å². The van der Waals surface area contributed by atoms with Crippen LogP contribution in [-0.2, 0) is 16.6 Å². The van der Waals surface area contributed by atoms with Crippen molar-refractivity contribution in [1.29, 1.82) is 0 Å². The van der Waals surface area contributed by atoms with E-state index in [1.165, 1.54) is 30.5 Å². The first-order valence-electron chi connectivity index (χ1n) is 7.93. The number of furan rings is 1. The molecule has 1 amide bonds. The highest BCUT2D eigenvalue weighted by atomic mass is 32.2. The molecule has 2 rings (SSSR count). The van der Waals surface area contributed by atoms with E-state index in [0.717, 1.165) is 13.0 Å². The van der Waals surface area contributed by atoms with Crippen LogP contribution < -0.4 is 10.0 Å². The van der Waals surface area contributed by atoms with Gasteiger partial charge in [0, 0.05) is 12.1 Å². The molecule has 7 nitrogen and oxygen atoms in total. The van der Waals surface area contributed by atoms with E-state index in [-0.39, 0.29) is 17.3 Å². The van der Waals surface area contributed by atoms with Gasteiger partial charge in [0.05, 0.1) is 17.7 Å². The molecule has 0 radical (unpaired) electrons. The van der Waals surface area contributed by atoms with E-state index in [1.807, 2.05) is 19.0 Å². The van der Waals surface area contributed by atoms with Crippen LogP contribution in [0.2, 0.25) is 0 Å². The third kappa shape index (κ3) is 6.00. The van der Waals surface area contributed by atoms with Crippen molar-refractivity contribution < 1.29 is 17.6 Å². The van der Waals surface area contributed by atoms with Crippen LogP contribution in [0.3, 0.4) is 0 Å². The topological polar surface area (TPSA) is 91.7 Å². The lowest BCUT2D eigenvalue weighted by atomic mass is 10.2. The summed E-state index contributed by atoms with van der Waals surface area (Å²) in [6.07, 6.45) is 2.33. The van der Waals surface area contributed by atoms with Crippen LogP contribution in [0.1, 0.15) is 22.5 Å². The fraction of sp³-hybridized carbons (Fsp3) is 0.353. The number of hydrogen-bond donors (Lipinski definition) is 2. The maximum absolute atomic E-state index is 12.2. The maximum atomic E-state index is 12.2. The number of sulfonamides is 1. The Morgan fingerprint density at radius 2 is 1.88 bits per heavy atom. The average molecular weight is 365 g/mol. The third-order valence-electron chi connectivity index (χ3n) is 3.51. The molecular formula is C17H23N3O4S. The van der Waals surface area contributed by atoms with Gasteiger partial charge in [-0.15, -0.1) is 0 Å². The molecule has 0 spiro atoms. The number of hydrogen-bond acceptors (Lipinski definition) is 5. The van der Waals surface area contributed by atoms with Crippen molar-refractivity contribution in [2.24, 2.45) is 0 Å². The highest BCUT2D eigenvalue weighted by Gasteiger charge is 2.15. The second kappa shape index (κ2) is 8.80. The minimum Gasteiger partial charge on any atom is -0.468 e. The number of benzene rings is 1. The van der Waals surface area contributed by atoms with Gasteiger partial charge in [-0.2, -0.15) is 0 Å². The van der Waals surface area contributed by atoms with Crippen molar-refractivity contribution >= 4 is 15.9 Å². The van der Waals surface area contributed by atoms with Gasteiger partial charge in [0.15, 0.2) is 0 Å². The Labute approximate surface area is 148 Å². The first-order chi connectivity index (χ1) is 11.9. The molecule has 1 aromatic carbocycles. The fourth-order valence-electron chi connectivity index (χ4n) is 2.15. The molecule has 0 saturated carbocycles. The first kappa shape index (κ1) is 19.2. The summed E-state index contributed by atoms with van der Waals surface area (Å²) in [5.74, 6) is 0.309. The number of carbonyl (C=O) groups is 1. The summed E-state index contributed by atoms with van der Waals surface area (Å²) in [7, 11) is 0.290. The Balaban J connectivity index is 1.90. The van der Waals surface area contributed by atoms with E-state index in [2.05, 4.69) is 10.0 Å². The summed E-state index contributed by atoms with van der Waals surface area (Å²) in [6.45, 7) is 1.53. The molecule has 0 unspecified atom stereocenters. The zero-order valence-corrected chi connectivity index (χ0v) is 15.2. The standard InChI is InChI=1S/C17H23N3O4S/c1-20(2)11-4-10-18-17(21)14-6-8-16(9-7-14)25(22,23)19-13-15-5-3-12-24-15/h3,5-9,12,19H,4,10-11,13H2,1-2H3,(H,18,21). The lowest BCUT2D eigenvalue weighted by molar-refractivity contribution is 0.0952. The molecule has 2 N–H and O–H groups in total. The van der Waals surface area contributed by atoms with E-state index in [1.54, 1.807) is 12.1 Å². The predicted octanol–water partition coefficient (Wildman–Crippen LogP) is 1.44. The van der Waals surface area contributed by atoms with Crippen molar-refractivity contribution in [1.82, 2.24) is 14.9 Å². The van der Waals surface area contributed by atoms with Crippen LogP contribution in [0.25, 0.3) is 0 Å². The second-order valence-corrected chi connectivity index (χ2v) is 7.61. The number of amides is 1. The fourth-order valence-corrected chi connectivity index (χ4v) is 3.14. The minimum absolute atomic E-state index is 0.0729. The molecule has 0 aliphatic rings. The van der Waals surface area contributed by atoms with Crippen molar-refractivity contribution in [3.8, 4) is 0 Å². The van der Waals surface area contributed by atoms with Crippen molar-refractivity contribution in [3.05, 3.63) is 54.0 Å². The molecule has 8 heteroatoms. The molecule has 1 heterocycles. The summed E-state index contributed by atoms with van der Waals surface area (Å²) < 4.78 is 32.0. The lowest BCUT2D eigenvalue weighted by Crippen LogP contribution is -2.27. The van der Waals surface area contributed by atoms with Gasteiger partial charge in [-0.3, -0.25) is 4.79 Å². The summed E-state index contributed by atoms with van der Waals surface area (Å²) in [5.41, 5.74) is 0.426. The normalized spacial score (nSPS) is 11.6. The highest BCUT2D eigenvalue weighted by Crippen LogP contribution is 2.11. The summed E-state index contributed by atoms with van der Waals surface area (Å²) in [6, 6.07) is 9.21. The SMILES string of the molecule is CN(C)CCCNC(=O)c1ccc(S(=O)(=O)NCc2ccco2)cc1. The molecule has 0 fully saturated rings. The minimum atomic E-state index is -3.66. The molecule has 0 bridgehead atoms. The Bertz CT molecular complexity index is 769.